The van der Waals surface area contributed by atoms with Gasteiger partial charge in [0.2, 0.25) is 0 Å². The average Bonchev–Trinajstić information content (AvgIpc) is 2.13. The summed E-state index contributed by atoms with van der Waals surface area (Å²) in [5.41, 5.74) is 0.420. The van der Waals surface area contributed by atoms with Crippen LogP contribution in [-0.2, 0) is 9.84 Å². The number of hydrogen-bond acceptors (Lipinski definition) is 3. The first-order chi connectivity index (χ1) is 7.86. The smallest absolute Gasteiger partial charge is 0.151 e. The topological polar surface area (TPSA) is 46.2 Å². The third kappa shape index (κ3) is 3.95. The number of hydrogen-bond donors (Lipinski definition) is 1. The van der Waals surface area contributed by atoms with E-state index < -0.39 is 9.84 Å². The van der Waals surface area contributed by atoms with Gasteiger partial charge in [-0.1, -0.05) is 20.3 Å². The van der Waals surface area contributed by atoms with Gasteiger partial charge in [0.15, 0.2) is 9.84 Å². The highest BCUT2D eigenvalue weighted by Gasteiger charge is 2.31. The monoisotopic (exact) mass is 259 g/mol. The Morgan fingerprint density at radius 1 is 1.12 bits per heavy atom. The molecule has 2 unspecified atom stereocenters. The van der Waals surface area contributed by atoms with E-state index in [4.69, 9.17) is 0 Å². The Balaban J connectivity index is 1.88. The van der Waals surface area contributed by atoms with E-state index in [1.165, 1.54) is 25.7 Å². The van der Waals surface area contributed by atoms with Crippen LogP contribution in [0, 0.1) is 5.41 Å². The molecule has 4 heteroatoms. The van der Waals surface area contributed by atoms with Crippen LogP contribution in [0.3, 0.4) is 0 Å². The molecule has 0 amide bonds. The zero-order valence-electron chi connectivity index (χ0n) is 11.0. The molecule has 2 rings (SSSR count). The summed E-state index contributed by atoms with van der Waals surface area (Å²) in [5, 5.41) is 3.59. The molecule has 0 radical (unpaired) electrons. The molecule has 1 aliphatic heterocycles. The van der Waals surface area contributed by atoms with Crippen molar-refractivity contribution in [1.29, 1.82) is 0 Å². The van der Waals surface area contributed by atoms with E-state index in [1.54, 1.807) is 0 Å². The van der Waals surface area contributed by atoms with Crippen molar-refractivity contribution in [3.63, 3.8) is 0 Å². The quantitative estimate of drug-likeness (QED) is 0.826. The largest absolute Gasteiger partial charge is 0.310 e. The van der Waals surface area contributed by atoms with Gasteiger partial charge in [0.05, 0.1) is 11.5 Å². The van der Waals surface area contributed by atoms with Gasteiger partial charge in [-0.3, -0.25) is 0 Å². The third-order valence-corrected chi connectivity index (χ3v) is 5.96. The lowest BCUT2D eigenvalue weighted by molar-refractivity contribution is 0.189. The van der Waals surface area contributed by atoms with Crippen molar-refractivity contribution in [1.82, 2.24) is 5.32 Å². The van der Waals surface area contributed by atoms with Gasteiger partial charge in [-0.25, -0.2) is 8.42 Å². The summed E-state index contributed by atoms with van der Waals surface area (Å²) in [7, 11) is -2.77. The lowest BCUT2D eigenvalue weighted by Crippen LogP contribution is -2.47. The van der Waals surface area contributed by atoms with Crippen LogP contribution < -0.4 is 5.32 Å². The highest BCUT2D eigenvalue weighted by Crippen LogP contribution is 2.35. The van der Waals surface area contributed by atoms with E-state index in [2.05, 4.69) is 19.2 Å². The lowest BCUT2D eigenvalue weighted by Gasteiger charge is -2.38. The highest BCUT2D eigenvalue weighted by atomic mass is 32.2. The number of nitrogens with one attached hydrogen (secondary N) is 1. The molecule has 0 aromatic heterocycles. The van der Waals surface area contributed by atoms with Gasteiger partial charge in [-0.05, 0) is 37.5 Å². The molecule has 17 heavy (non-hydrogen) atoms. The molecule has 1 aliphatic carbocycles. The van der Waals surface area contributed by atoms with Crippen LogP contribution >= 0.6 is 0 Å². The minimum Gasteiger partial charge on any atom is -0.310 e. The van der Waals surface area contributed by atoms with Crippen LogP contribution in [0.5, 0.6) is 0 Å². The summed E-state index contributed by atoms with van der Waals surface area (Å²) in [6.07, 6.45) is 6.81. The Kier molecular flexibility index (Phi) is 3.83. The first-order valence-corrected chi connectivity index (χ1v) is 8.65. The highest BCUT2D eigenvalue weighted by molar-refractivity contribution is 7.91. The summed E-state index contributed by atoms with van der Waals surface area (Å²) < 4.78 is 23.2. The van der Waals surface area contributed by atoms with Crippen molar-refractivity contribution in [3.05, 3.63) is 0 Å². The molecule has 0 spiro atoms. The minimum absolute atomic E-state index is 0.202. The van der Waals surface area contributed by atoms with Crippen molar-refractivity contribution in [3.8, 4) is 0 Å². The molecule has 2 aliphatic rings. The molecule has 1 saturated carbocycles. The summed E-state index contributed by atoms with van der Waals surface area (Å²) in [5.74, 6) is 0.741. The second kappa shape index (κ2) is 4.88. The molecule has 2 fully saturated rings. The van der Waals surface area contributed by atoms with Crippen LogP contribution in [-0.4, -0.2) is 32.0 Å². The fraction of sp³-hybridized carbons (Fsp3) is 1.00. The van der Waals surface area contributed by atoms with Gasteiger partial charge < -0.3 is 5.32 Å². The van der Waals surface area contributed by atoms with Crippen molar-refractivity contribution in [2.75, 3.05) is 11.5 Å². The van der Waals surface area contributed by atoms with Gasteiger partial charge in [0.25, 0.3) is 0 Å². The fourth-order valence-corrected chi connectivity index (χ4v) is 4.98. The number of sulfone groups is 1. The van der Waals surface area contributed by atoms with E-state index in [1.807, 2.05) is 0 Å². The SMILES string of the molecule is CC1(C)CCCC(NC2CCCS(=O)(=O)C2)C1. The van der Waals surface area contributed by atoms with Crippen molar-refractivity contribution in [2.24, 2.45) is 5.41 Å². The predicted molar refractivity (Wildman–Crippen MR) is 70.8 cm³/mol. The fourth-order valence-electron chi connectivity index (χ4n) is 3.33. The van der Waals surface area contributed by atoms with E-state index in [9.17, 15) is 8.42 Å². The van der Waals surface area contributed by atoms with Gasteiger partial charge in [0, 0.05) is 12.1 Å². The molecule has 0 bridgehead atoms. The maximum absolute atomic E-state index is 11.6. The molecule has 1 saturated heterocycles. The number of rotatable bonds is 2. The average molecular weight is 259 g/mol. The molecule has 0 aromatic carbocycles. The molecule has 0 aromatic rings. The summed E-state index contributed by atoms with van der Waals surface area (Å²) in [6, 6.07) is 0.727. The minimum atomic E-state index is -2.77. The maximum Gasteiger partial charge on any atom is 0.151 e. The second-order valence-corrected chi connectivity index (χ2v) is 8.81. The van der Waals surface area contributed by atoms with Gasteiger partial charge in [0.1, 0.15) is 0 Å². The summed E-state index contributed by atoms with van der Waals surface area (Å²) in [6.45, 7) is 4.64. The molecular weight excluding hydrogens is 234 g/mol. The van der Waals surface area contributed by atoms with E-state index in [0.29, 0.717) is 23.0 Å². The predicted octanol–water partition coefficient (Wildman–Crippen LogP) is 2.12. The molecule has 3 nitrogen and oxygen atoms in total. The Bertz CT molecular complexity index is 362. The second-order valence-electron chi connectivity index (χ2n) is 6.58. The Morgan fingerprint density at radius 3 is 2.47 bits per heavy atom. The molecular formula is C13H25NO2S. The van der Waals surface area contributed by atoms with Crippen molar-refractivity contribution < 1.29 is 8.42 Å². The van der Waals surface area contributed by atoms with Crippen LogP contribution in [0.25, 0.3) is 0 Å². The van der Waals surface area contributed by atoms with E-state index >= 15 is 0 Å². The first-order valence-electron chi connectivity index (χ1n) is 6.83. The van der Waals surface area contributed by atoms with Crippen LogP contribution in [0.2, 0.25) is 0 Å². The third-order valence-electron chi connectivity index (χ3n) is 4.14. The van der Waals surface area contributed by atoms with Gasteiger partial charge in [-0.2, -0.15) is 0 Å². The van der Waals surface area contributed by atoms with E-state index in [-0.39, 0.29) is 6.04 Å². The molecule has 1 N–H and O–H groups in total. The molecule has 100 valence electrons. The van der Waals surface area contributed by atoms with Crippen molar-refractivity contribution >= 4 is 9.84 Å². The summed E-state index contributed by atoms with van der Waals surface area (Å²) >= 11 is 0. The van der Waals surface area contributed by atoms with Crippen LogP contribution in [0.1, 0.15) is 52.4 Å². The van der Waals surface area contributed by atoms with E-state index in [0.717, 1.165) is 12.8 Å². The zero-order chi connectivity index (χ0) is 12.5. The zero-order valence-corrected chi connectivity index (χ0v) is 11.9. The maximum atomic E-state index is 11.6. The molecule has 2 atom stereocenters. The molecule has 1 heterocycles. The Morgan fingerprint density at radius 2 is 1.82 bits per heavy atom. The lowest BCUT2D eigenvalue weighted by atomic mass is 9.75. The van der Waals surface area contributed by atoms with Gasteiger partial charge >= 0.3 is 0 Å². The first kappa shape index (κ1) is 13.3. The summed E-state index contributed by atoms with van der Waals surface area (Å²) in [4.78, 5) is 0. The normalized spacial score (nSPS) is 36.6. The Labute approximate surface area is 105 Å². The Hall–Kier alpha value is -0.0900. The van der Waals surface area contributed by atoms with Gasteiger partial charge in [-0.15, -0.1) is 0 Å². The van der Waals surface area contributed by atoms with Crippen LogP contribution in [0.15, 0.2) is 0 Å². The van der Waals surface area contributed by atoms with Crippen molar-refractivity contribution in [2.45, 2.75) is 64.5 Å². The van der Waals surface area contributed by atoms with Crippen LogP contribution in [0.4, 0.5) is 0 Å². The standard InChI is InChI=1S/C13H25NO2S/c1-13(2)7-3-5-11(9-13)14-12-6-4-8-17(15,16)10-12/h11-12,14H,3-10H2,1-2H3.